The van der Waals surface area contributed by atoms with Crippen LogP contribution in [0.5, 0.6) is 0 Å². The summed E-state index contributed by atoms with van der Waals surface area (Å²) in [5.74, 6) is -0.330. The molecule has 4 nitrogen and oxygen atoms in total. The van der Waals surface area contributed by atoms with E-state index in [-0.39, 0.29) is 5.91 Å². The Morgan fingerprint density at radius 3 is 3.00 bits per heavy atom. The maximum absolute atomic E-state index is 12.3. The SMILES string of the molecule is N#Cc1c(NC(=O)c2cnccc2Cl)sc2c1CCCC2. The summed E-state index contributed by atoms with van der Waals surface area (Å²) in [6.45, 7) is 0. The molecule has 0 unspecified atom stereocenters. The zero-order chi connectivity index (χ0) is 14.8. The number of fused-ring (bicyclic) bond motifs is 1. The van der Waals surface area contributed by atoms with Crippen LogP contribution in [-0.2, 0) is 12.8 Å². The van der Waals surface area contributed by atoms with Gasteiger partial charge in [-0.15, -0.1) is 11.3 Å². The number of aromatic nitrogens is 1. The van der Waals surface area contributed by atoms with Gasteiger partial charge in [0.1, 0.15) is 11.1 Å². The lowest BCUT2D eigenvalue weighted by atomic mass is 9.96. The number of nitrogens with one attached hydrogen (secondary N) is 1. The van der Waals surface area contributed by atoms with Crippen LogP contribution < -0.4 is 5.32 Å². The Morgan fingerprint density at radius 1 is 1.43 bits per heavy atom. The van der Waals surface area contributed by atoms with Crippen LogP contribution in [-0.4, -0.2) is 10.9 Å². The van der Waals surface area contributed by atoms with Gasteiger partial charge < -0.3 is 5.32 Å². The number of carbonyl (C=O) groups is 1. The fourth-order valence-electron chi connectivity index (χ4n) is 2.49. The normalized spacial score (nSPS) is 13.3. The molecule has 2 aromatic heterocycles. The van der Waals surface area contributed by atoms with Crippen molar-refractivity contribution >= 4 is 33.8 Å². The molecule has 0 saturated heterocycles. The number of nitriles is 1. The van der Waals surface area contributed by atoms with Gasteiger partial charge in [0.25, 0.3) is 5.91 Å². The van der Waals surface area contributed by atoms with Crippen molar-refractivity contribution in [2.24, 2.45) is 0 Å². The number of rotatable bonds is 2. The number of hydrogen-bond donors (Lipinski definition) is 1. The lowest BCUT2D eigenvalue weighted by Gasteiger charge is -2.09. The summed E-state index contributed by atoms with van der Waals surface area (Å²) in [6, 6.07) is 3.79. The molecule has 3 rings (SSSR count). The van der Waals surface area contributed by atoms with Crippen molar-refractivity contribution in [3.05, 3.63) is 45.1 Å². The molecule has 0 saturated carbocycles. The van der Waals surface area contributed by atoms with E-state index < -0.39 is 0 Å². The first-order chi connectivity index (χ1) is 10.2. The highest BCUT2D eigenvalue weighted by atomic mass is 35.5. The Morgan fingerprint density at radius 2 is 2.24 bits per heavy atom. The second-order valence-electron chi connectivity index (χ2n) is 4.84. The molecule has 0 fully saturated rings. The third-order valence-electron chi connectivity index (χ3n) is 3.52. The molecule has 21 heavy (non-hydrogen) atoms. The first-order valence-corrected chi connectivity index (χ1v) is 7.85. The lowest BCUT2D eigenvalue weighted by molar-refractivity contribution is 0.102. The number of anilines is 1. The maximum Gasteiger partial charge on any atom is 0.259 e. The van der Waals surface area contributed by atoms with Crippen LogP contribution in [0.4, 0.5) is 5.00 Å². The first kappa shape index (κ1) is 14.1. The molecular weight excluding hydrogens is 306 g/mol. The second-order valence-corrected chi connectivity index (χ2v) is 6.35. The molecule has 1 amide bonds. The molecule has 0 spiro atoms. The Bertz CT molecular complexity index is 748. The van der Waals surface area contributed by atoms with Gasteiger partial charge >= 0.3 is 0 Å². The monoisotopic (exact) mass is 317 g/mol. The Labute approximate surface area is 131 Å². The molecule has 0 aromatic carbocycles. The molecule has 0 radical (unpaired) electrons. The number of halogens is 1. The highest BCUT2D eigenvalue weighted by Crippen LogP contribution is 2.37. The maximum atomic E-state index is 12.3. The minimum Gasteiger partial charge on any atom is -0.312 e. The molecule has 1 aliphatic carbocycles. The quantitative estimate of drug-likeness (QED) is 0.916. The average molecular weight is 318 g/mol. The van der Waals surface area contributed by atoms with Gasteiger partial charge in [0.15, 0.2) is 0 Å². The molecule has 1 N–H and O–H groups in total. The summed E-state index contributed by atoms with van der Waals surface area (Å²) in [7, 11) is 0. The Kier molecular flexibility index (Phi) is 3.91. The molecule has 2 aromatic rings. The van der Waals surface area contributed by atoms with Gasteiger partial charge in [-0.2, -0.15) is 5.26 Å². The van der Waals surface area contributed by atoms with Crippen molar-refractivity contribution in [1.29, 1.82) is 5.26 Å². The number of amides is 1. The van der Waals surface area contributed by atoms with E-state index in [1.54, 1.807) is 6.07 Å². The van der Waals surface area contributed by atoms with Gasteiger partial charge in [-0.1, -0.05) is 11.6 Å². The highest BCUT2D eigenvalue weighted by molar-refractivity contribution is 7.16. The van der Waals surface area contributed by atoms with Crippen molar-refractivity contribution in [2.75, 3.05) is 5.32 Å². The third kappa shape index (κ3) is 2.65. The van der Waals surface area contributed by atoms with Gasteiger partial charge in [0.05, 0.1) is 16.1 Å². The predicted molar refractivity (Wildman–Crippen MR) is 82.9 cm³/mol. The molecule has 2 heterocycles. The zero-order valence-corrected chi connectivity index (χ0v) is 12.7. The molecule has 0 aliphatic heterocycles. The molecular formula is C15H12ClN3OS. The van der Waals surface area contributed by atoms with E-state index in [0.717, 1.165) is 31.2 Å². The van der Waals surface area contributed by atoms with E-state index in [1.807, 2.05) is 0 Å². The van der Waals surface area contributed by atoms with Crippen molar-refractivity contribution in [3.8, 4) is 6.07 Å². The van der Waals surface area contributed by atoms with Crippen LogP contribution >= 0.6 is 22.9 Å². The smallest absolute Gasteiger partial charge is 0.259 e. The van der Waals surface area contributed by atoms with Crippen molar-refractivity contribution in [2.45, 2.75) is 25.7 Å². The molecule has 1 aliphatic rings. The summed E-state index contributed by atoms with van der Waals surface area (Å²) in [4.78, 5) is 17.4. The van der Waals surface area contributed by atoms with Gasteiger partial charge in [-0.3, -0.25) is 9.78 Å². The second kappa shape index (κ2) is 5.84. The van der Waals surface area contributed by atoms with Crippen LogP contribution in [0.3, 0.4) is 0 Å². The number of carbonyl (C=O) groups excluding carboxylic acids is 1. The van der Waals surface area contributed by atoms with Crippen LogP contribution in [0.2, 0.25) is 5.02 Å². The van der Waals surface area contributed by atoms with E-state index in [4.69, 9.17) is 11.6 Å². The number of nitrogens with zero attached hydrogens (tertiary/aromatic N) is 2. The van der Waals surface area contributed by atoms with Crippen molar-refractivity contribution in [3.63, 3.8) is 0 Å². The largest absolute Gasteiger partial charge is 0.312 e. The fraction of sp³-hybridized carbons (Fsp3) is 0.267. The molecule has 0 atom stereocenters. The van der Waals surface area contributed by atoms with Gasteiger partial charge in [-0.05, 0) is 37.3 Å². The van der Waals surface area contributed by atoms with Crippen LogP contribution in [0.25, 0.3) is 0 Å². The van der Waals surface area contributed by atoms with E-state index in [2.05, 4.69) is 16.4 Å². The lowest BCUT2D eigenvalue weighted by Crippen LogP contribution is -2.12. The van der Waals surface area contributed by atoms with Gasteiger partial charge in [-0.25, -0.2) is 0 Å². The first-order valence-electron chi connectivity index (χ1n) is 6.66. The van der Waals surface area contributed by atoms with E-state index >= 15 is 0 Å². The van der Waals surface area contributed by atoms with Crippen LogP contribution in [0.1, 0.15) is 39.2 Å². The fourth-order valence-corrected chi connectivity index (χ4v) is 3.91. The predicted octanol–water partition coefficient (Wildman–Crippen LogP) is 3.80. The zero-order valence-electron chi connectivity index (χ0n) is 11.1. The Hall–Kier alpha value is -1.90. The highest BCUT2D eigenvalue weighted by Gasteiger charge is 2.22. The third-order valence-corrected chi connectivity index (χ3v) is 5.06. The molecule has 106 valence electrons. The van der Waals surface area contributed by atoms with E-state index in [1.165, 1.54) is 28.6 Å². The molecule has 0 bridgehead atoms. The Balaban J connectivity index is 1.92. The number of aryl methyl sites for hydroxylation is 1. The molecule has 6 heteroatoms. The van der Waals surface area contributed by atoms with Crippen LogP contribution in [0.15, 0.2) is 18.5 Å². The minimum absolute atomic E-state index is 0.314. The van der Waals surface area contributed by atoms with E-state index in [0.29, 0.717) is 21.2 Å². The van der Waals surface area contributed by atoms with Gasteiger partial charge in [0.2, 0.25) is 0 Å². The summed E-state index contributed by atoms with van der Waals surface area (Å²) >= 11 is 7.50. The number of hydrogen-bond acceptors (Lipinski definition) is 4. The number of thiophene rings is 1. The van der Waals surface area contributed by atoms with E-state index in [9.17, 15) is 10.1 Å². The minimum atomic E-state index is -0.330. The summed E-state index contributed by atoms with van der Waals surface area (Å²) in [5.41, 5.74) is 2.01. The van der Waals surface area contributed by atoms with Crippen molar-refractivity contribution in [1.82, 2.24) is 4.98 Å². The summed E-state index contributed by atoms with van der Waals surface area (Å²) in [6.07, 6.45) is 7.10. The summed E-state index contributed by atoms with van der Waals surface area (Å²) in [5, 5.41) is 13.1. The standard InChI is InChI=1S/C15H12ClN3OS/c16-12-5-6-18-8-11(12)14(20)19-15-10(7-17)9-3-1-2-4-13(9)21-15/h5-6,8H,1-4H2,(H,19,20). The number of pyridine rings is 1. The van der Waals surface area contributed by atoms with Crippen LogP contribution in [0, 0.1) is 11.3 Å². The van der Waals surface area contributed by atoms with Crippen molar-refractivity contribution < 1.29 is 4.79 Å². The topological polar surface area (TPSA) is 65.8 Å². The summed E-state index contributed by atoms with van der Waals surface area (Å²) < 4.78 is 0. The van der Waals surface area contributed by atoms with Gasteiger partial charge in [0, 0.05) is 17.3 Å². The average Bonchev–Trinajstić information content (AvgIpc) is 2.84.